The van der Waals surface area contributed by atoms with E-state index in [-0.39, 0.29) is 5.54 Å². The van der Waals surface area contributed by atoms with Crippen molar-refractivity contribution in [3.8, 4) is 0 Å². The van der Waals surface area contributed by atoms with Crippen molar-refractivity contribution < 1.29 is 4.74 Å². The van der Waals surface area contributed by atoms with Gasteiger partial charge in [0.05, 0.1) is 18.8 Å². The van der Waals surface area contributed by atoms with Crippen LogP contribution in [0.15, 0.2) is 66.6 Å². The Hall–Kier alpha value is -2.59. The number of hydrogen-bond donors (Lipinski definition) is 1. The van der Waals surface area contributed by atoms with Gasteiger partial charge in [0, 0.05) is 35.8 Å². The van der Waals surface area contributed by atoms with Crippen LogP contribution in [0.2, 0.25) is 0 Å². The smallest absolute Gasteiger partial charge is 0.142 e. The molecule has 0 amide bonds. The molecule has 3 aromatic rings. The lowest BCUT2D eigenvalue weighted by atomic mass is 9.74. The van der Waals surface area contributed by atoms with E-state index in [2.05, 4.69) is 77.9 Å². The Morgan fingerprint density at radius 1 is 1.26 bits per heavy atom. The van der Waals surface area contributed by atoms with Crippen LogP contribution in [0.1, 0.15) is 31.9 Å². The van der Waals surface area contributed by atoms with Crippen LogP contribution in [0.25, 0.3) is 5.65 Å². The van der Waals surface area contributed by atoms with Crippen LogP contribution in [-0.2, 0) is 16.7 Å². The molecule has 1 aliphatic rings. The normalized spacial score (nSPS) is 21.5. The number of para-hydroxylation sites is 1. The summed E-state index contributed by atoms with van der Waals surface area (Å²) < 4.78 is 8.15. The summed E-state index contributed by atoms with van der Waals surface area (Å²) in [6, 6.07) is 12.9. The summed E-state index contributed by atoms with van der Waals surface area (Å²) in [6.45, 7) is 7.84. The largest absolute Gasteiger partial charge is 0.377 e. The number of hydrogen-bond acceptors (Lipinski definition) is 3. The zero-order valence-electron chi connectivity index (χ0n) is 16.3. The van der Waals surface area contributed by atoms with Gasteiger partial charge in [0.2, 0.25) is 0 Å². The van der Waals surface area contributed by atoms with Crippen LogP contribution in [0, 0.1) is 5.92 Å². The van der Waals surface area contributed by atoms with E-state index in [1.165, 1.54) is 22.4 Å². The molecule has 0 saturated carbocycles. The first kappa shape index (κ1) is 17.8. The summed E-state index contributed by atoms with van der Waals surface area (Å²) in [5.74, 6) is 0.306. The van der Waals surface area contributed by atoms with Crippen LogP contribution in [-0.4, -0.2) is 22.6 Å². The van der Waals surface area contributed by atoms with Gasteiger partial charge in [-0.2, -0.15) is 0 Å². The van der Waals surface area contributed by atoms with Gasteiger partial charge >= 0.3 is 0 Å². The lowest BCUT2D eigenvalue weighted by Crippen LogP contribution is -2.46. The molecule has 0 radical (unpaired) electrons. The Balaban J connectivity index is 1.72. The van der Waals surface area contributed by atoms with E-state index in [1.54, 1.807) is 0 Å². The van der Waals surface area contributed by atoms with Gasteiger partial charge in [-0.3, -0.25) is 0 Å². The second kappa shape index (κ2) is 7.20. The minimum atomic E-state index is -0.257. The monoisotopic (exact) mass is 361 g/mol. The third-order valence-corrected chi connectivity index (χ3v) is 5.60. The van der Waals surface area contributed by atoms with Gasteiger partial charge in [0.15, 0.2) is 0 Å². The van der Waals surface area contributed by atoms with Gasteiger partial charge in [0.25, 0.3) is 0 Å². The predicted octanol–water partition coefficient (Wildman–Crippen LogP) is 4.82. The number of ether oxygens (including phenoxy) is 1. The lowest BCUT2D eigenvalue weighted by molar-refractivity contribution is 0.0912. The molecule has 0 saturated heterocycles. The van der Waals surface area contributed by atoms with Crippen LogP contribution in [0.4, 0.5) is 5.69 Å². The molecule has 3 heterocycles. The number of benzene rings is 1. The van der Waals surface area contributed by atoms with Crippen molar-refractivity contribution in [2.45, 2.75) is 32.7 Å². The quantitative estimate of drug-likeness (QED) is 0.523. The molecular weight excluding hydrogens is 334 g/mol. The van der Waals surface area contributed by atoms with Crippen molar-refractivity contribution in [2.24, 2.45) is 5.92 Å². The van der Waals surface area contributed by atoms with Gasteiger partial charge in [-0.15, -0.1) is 0 Å². The molecule has 2 aromatic heterocycles. The van der Waals surface area contributed by atoms with E-state index < -0.39 is 0 Å². The number of imidazole rings is 1. The topological polar surface area (TPSA) is 38.6 Å². The fraction of sp³-hybridized carbons (Fsp3) is 0.348. The number of fused-ring (bicyclic) bond motifs is 2. The summed E-state index contributed by atoms with van der Waals surface area (Å²) in [6.07, 6.45) is 9.03. The SMILES string of the molecule is CC(C)=CCOCC1Cc2ccccc2NC1(C)c1cccn2ccnc12. The molecule has 1 N–H and O–H groups in total. The van der Waals surface area contributed by atoms with E-state index in [0.717, 1.165) is 12.1 Å². The standard InChI is InChI=1S/C23H27N3O/c1-17(2)10-14-27-16-19-15-18-7-4-5-9-21(18)25-23(19,3)20-8-6-12-26-13-11-24-22(20)26/h4-13,19,25H,14-16H2,1-3H3. The zero-order valence-corrected chi connectivity index (χ0v) is 16.3. The Bertz CT molecular complexity index is 970. The Morgan fingerprint density at radius 2 is 2.11 bits per heavy atom. The number of aromatic nitrogens is 2. The molecule has 27 heavy (non-hydrogen) atoms. The second-order valence-corrected chi connectivity index (χ2v) is 7.78. The fourth-order valence-corrected chi connectivity index (χ4v) is 3.97. The summed E-state index contributed by atoms with van der Waals surface area (Å²) in [5, 5.41) is 3.82. The fourth-order valence-electron chi connectivity index (χ4n) is 3.97. The van der Waals surface area contributed by atoms with Crippen LogP contribution in [0.3, 0.4) is 0 Å². The summed E-state index contributed by atoms with van der Waals surface area (Å²) in [5.41, 5.74) is 5.79. The predicted molar refractivity (Wildman–Crippen MR) is 110 cm³/mol. The Kier molecular flexibility index (Phi) is 4.75. The van der Waals surface area contributed by atoms with Gasteiger partial charge in [-0.1, -0.05) is 35.9 Å². The average molecular weight is 361 g/mol. The number of anilines is 1. The molecule has 4 rings (SSSR count). The highest BCUT2D eigenvalue weighted by Gasteiger charge is 2.41. The molecule has 0 fully saturated rings. The Morgan fingerprint density at radius 3 is 2.96 bits per heavy atom. The number of rotatable bonds is 5. The van der Waals surface area contributed by atoms with Crippen molar-refractivity contribution in [1.29, 1.82) is 0 Å². The van der Waals surface area contributed by atoms with E-state index in [1.807, 2.05) is 18.6 Å². The maximum Gasteiger partial charge on any atom is 0.142 e. The van der Waals surface area contributed by atoms with Crippen LogP contribution >= 0.6 is 0 Å². The third-order valence-electron chi connectivity index (χ3n) is 5.60. The summed E-state index contributed by atoms with van der Waals surface area (Å²) in [7, 11) is 0. The van der Waals surface area contributed by atoms with Crippen molar-refractivity contribution in [3.05, 3.63) is 77.8 Å². The van der Waals surface area contributed by atoms with E-state index >= 15 is 0 Å². The molecule has 0 aliphatic carbocycles. The molecule has 0 bridgehead atoms. The first-order valence-electron chi connectivity index (χ1n) is 9.57. The van der Waals surface area contributed by atoms with Crippen molar-refractivity contribution in [3.63, 3.8) is 0 Å². The number of pyridine rings is 1. The molecule has 0 spiro atoms. The lowest BCUT2D eigenvalue weighted by Gasteiger charge is -2.44. The maximum atomic E-state index is 6.07. The van der Waals surface area contributed by atoms with E-state index in [0.29, 0.717) is 19.1 Å². The number of nitrogens with zero attached hydrogens (tertiary/aromatic N) is 2. The highest BCUT2D eigenvalue weighted by Crippen LogP contribution is 2.42. The molecule has 4 nitrogen and oxygen atoms in total. The van der Waals surface area contributed by atoms with Crippen LogP contribution in [0.5, 0.6) is 0 Å². The van der Waals surface area contributed by atoms with Gasteiger partial charge in [-0.05, 0) is 44.9 Å². The van der Waals surface area contributed by atoms with E-state index in [9.17, 15) is 0 Å². The molecule has 2 atom stereocenters. The van der Waals surface area contributed by atoms with Gasteiger partial charge in [-0.25, -0.2) is 4.98 Å². The highest BCUT2D eigenvalue weighted by atomic mass is 16.5. The first-order valence-corrected chi connectivity index (χ1v) is 9.57. The van der Waals surface area contributed by atoms with Gasteiger partial charge in [0.1, 0.15) is 5.65 Å². The molecule has 1 aromatic carbocycles. The van der Waals surface area contributed by atoms with Crippen molar-refractivity contribution in [1.82, 2.24) is 9.38 Å². The minimum absolute atomic E-state index is 0.257. The molecule has 140 valence electrons. The van der Waals surface area contributed by atoms with Crippen molar-refractivity contribution in [2.75, 3.05) is 18.5 Å². The number of allylic oxidation sites excluding steroid dienone is 1. The minimum Gasteiger partial charge on any atom is -0.377 e. The third kappa shape index (κ3) is 3.37. The second-order valence-electron chi connectivity index (χ2n) is 7.78. The summed E-state index contributed by atoms with van der Waals surface area (Å²) >= 11 is 0. The van der Waals surface area contributed by atoms with Crippen molar-refractivity contribution >= 4 is 11.3 Å². The maximum absolute atomic E-state index is 6.07. The molecule has 2 unspecified atom stereocenters. The zero-order chi connectivity index (χ0) is 18.9. The molecule has 1 aliphatic heterocycles. The Labute approximate surface area is 160 Å². The molecular formula is C23H27N3O. The molecule has 4 heteroatoms. The van der Waals surface area contributed by atoms with E-state index in [4.69, 9.17) is 4.74 Å². The first-order chi connectivity index (χ1) is 13.1. The summed E-state index contributed by atoms with van der Waals surface area (Å²) in [4.78, 5) is 4.62. The average Bonchev–Trinajstić information content (AvgIpc) is 3.14. The van der Waals surface area contributed by atoms with Gasteiger partial charge < -0.3 is 14.5 Å². The number of nitrogens with one attached hydrogen (secondary N) is 1. The van der Waals surface area contributed by atoms with Crippen LogP contribution < -0.4 is 5.32 Å². The highest BCUT2D eigenvalue weighted by molar-refractivity contribution is 5.62.